The monoisotopic (exact) mass is 248 g/mol. The summed E-state index contributed by atoms with van der Waals surface area (Å²) in [4.78, 5) is 0. The SMILES string of the molecule is CCCCc1ccc(C(C)NCCCCN)cc1. The Hall–Kier alpha value is -0.860. The second-order valence-electron chi connectivity index (χ2n) is 5.02. The van der Waals surface area contributed by atoms with Crippen molar-refractivity contribution >= 4 is 0 Å². The van der Waals surface area contributed by atoms with Crippen LogP contribution in [-0.4, -0.2) is 13.1 Å². The Balaban J connectivity index is 2.36. The number of unbranched alkanes of at least 4 members (excludes halogenated alkanes) is 2. The molecule has 0 heterocycles. The van der Waals surface area contributed by atoms with Crippen molar-refractivity contribution in [2.24, 2.45) is 5.73 Å². The van der Waals surface area contributed by atoms with Crippen LogP contribution in [0.3, 0.4) is 0 Å². The normalized spacial score (nSPS) is 12.6. The van der Waals surface area contributed by atoms with Gasteiger partial charge in [-0.2, -0.15) is 0 Å². The highest BCUT2D eigenvalue weighted by molar-refractivity contribution is 5.24. The third-order valence-corrected chi connectivity index (χ3v) is 3.38. The van der Waals surface area contributed by atoms with Gasteiger partial charge in [0.1, 0.15) is 0 Å². The van der Waals surface area contributed by atoms with Crippen LogP contribution in [0.15, 0.2) is 24.3 Å². The number of benzene rings is 1. The summed E-state index contributed by atoms with van der Waals surface area (Å²) in [6, 6.07) is 9.48. The Labute approximate surface area is 112 Å². The number of hydrogen-bond acceptors (Lipinski definition) is 2. The molecule has 1 unspecified atom stereocenters. The molecule has 0 aromatic heterocycles. The van der Waals surface area contributed by atoms with Crippen LogP contribution in [0.4, 0.5) is 0 Å². The van der Waals surface area contributed by atoms with Gasteiger partial charge in [-0.25, -0.2) is 0 Å². The summed E-state index contributed by atoms with van der Waals surface area (Å²) in [5, 5.41) is 3.54. The van der Waals surface area contributed by atoms with E-state index in [2.05, 4.69) is 43.4 Å². The standard InChI is InChI=1S/C16H28N2/c1-3-4-7-15-8-10-16(11-9-15)14(2)18-13-6-5-12-17/h8-11,14,18H,3-7,12-13,17H2,1-2H3. The summed E-state index contributed by atoms with van der Waals surface area (Å²) in [5.74, 6) is 0. The van der Waals surface area contributed by atoms with Crippen molar-refractivity contribution in [3.63, 3.8) is 0 Å². The summed E-state index contributed by atoms with van der Waals surface area (Å²) in [6.45, 7) is 6.31. The molecule has 18 heavy (non-hydrogen) atoms. The van der Waals surface area contributed by atoms with Crippen LogP contribution < -0.4 is 11.1 Å². The smallest absolute Gasteiger partial charge is 0.0291 e. The lowest BCUT2D eigenvalue weighted by Crippen LogP contribution is -2.20. The molecule has 0 aliphatic carbocycles. The van der Waals surface area contributed by atoms with Crippen LogP contribution in [0.25, 0.3) is 0 Å². The Morgan fingerprint density at radius 1 is 1.11 bits per heavy atom. The number of nitrogens with two attached hydrogens (primary N) is 1. The molecule has 0 fully saturated rings. The second kappa shape index (κ2) is 9.12. The summed E-state index contributed by atoms with van der Waals surface area (Å²) >= 11 is 0. The lowest BCUT2D eigenvalue weighted by atomic mass is 10.0. The molecule has 0 saturated heterocycles. The lowest BCUT2D eigenvalue weighted by Gasteiger charge is -2.14. The molecular weight excluding hydrogens is 220 g/mol. The van der Waals surface area contributed by atoms with Crippen molar-refractivity contribution in [2.45, 2.75) is 52.0 Å². The number of hydrogen-bond donors (Lipinski definition) is 2. The first kappa shape index (κ1) is 15.2. The van der Waals surface area contributed by atoms with Gasteiger partial charge in [0.25, 0.3) is 0 Å². The second-order valence-corrected chi connectivity index (χ2v) is 5.02. The molecule has 0 aliphatic heterocycles. The third-order valence-electron chi connectivity index (χ3n) is 3.38. The highest BCUT2D eigenvalue weighted by Crippen LogP contribution is 2.14. The fraction of sp³-hybridized carbons (Fsp3) is 0.625. The predicted octanol–water partition coefficient (Wildman–Crippen LogP) is 3.42. The van der Waals surface area contributed by atoms with Gasteiger partial charge in [0.2, 0.25) is 0 Å². The summed E-state index contributed by atoms with van der Waals surface area (Å²) in [6.07, 6.45) is 6.02. The Bertz CT molecular complexity index is 305. The first-order chi connectivity index (χ1) is 8.77. The molecule has 0 saturated carbocycles. The van der Waals surface area contributed by atoms with Crippen LogP contribution in [0.5, 0.6) is 0 Å². The van der Waals surface area contributed by atoms with Crippen LogP contribution in [0, 0.1) is 0 Å². The fourth-order valence-corrected chi connectivity index (χ4v) is 2.06. The van der Waals surface area contributed by atoms with Gasteiger partial charge in [0, 0.05) is 6.04 Å². The Morgan fingerprint density at radius 2 is 1.83 bits per heavy atom. The minimum atomic E-state index is 0.433. The molecule has 2 heteroatoms. The van der Waals surface area contributed by atoms with Gasteiger partial charge < -0.3 is 11.1 Å². The molecule has 1 aromatic rings. The van der Waals surface area contributed by atoms with E-state index in [0.29, 0.717) is 6.04 Å². The van der Waals surface area contributed by atoms with Crippen molar-refractivity contribution in [1.29, 1.82) is 0 Å². The Morgan fingerprint density at radius 3 is 2.44 bits per heavy atom. The lowest BCUT2D eigenvalue weighted by molar-refractivity contribution is 0.548. The zero-order valence-corrected chi connectivity index (χ0v) is 11.9. The first-order valence-corrected chi connectivity index (χ1v) is 7.30. The molecule has 0 amide bonds. The van der Waals surface area contributed by atoms with Gasteiger partial charge in [-0.1, -0.05) is 37.6 Å². The molecule has 1 rings (SSSR count). The molecule has 3 N–H and O–H groups in total. The molecule has 0 radical (unpaired) electrons. The van der Waals surface area contributed by atoms with Crippen LogP contribution in [0.1, 0.15) is 56.7 Å². The minimum Gasteiger partial charge on any atom is -0.330 e. The molecule has 0 aliphatic rings. The first-order valence-electron chi connectivity index (χ1n) is 7.30. The van der Waals surface area contributed by atoms with E-state index < -0.39 is 0 Å². The highest BCUT2D eigenvalue weighted by atomic mass is 14.9. The maximum absolute atomic E-state index is 5.49. The molecule has 1 aromatic carbocycles. The number of nitrogens with one attached hydrogen (secondary N) is 1. The Kier molecular flexibility index (Phi) is 7.70. The third kappa shape index (κ3) is 5.65. The van der Waals surface area contributed by atoms with Crippen molar-refractivity contribution in [1.82, 2.24) is 5.32 Å². The van der Waals surface area contributed by atoms with E-state index >= 15 is 0 Å². The molecule has 2 nitrogen and oxygen atoms in total. The fourth-order valence-electron chi connectivity index (χ4n) is 2.06. The molecule has 0 spiro atoms. The van der Waals surface area contributed by atoms with E-state index in [1.807, 2.05) is 0 Å². The topological polar surface area (TPSA) is 38.0 Å². The van der Waals surface area contributed by atoms with Crippen molar-refractivity contribution in [3.05, 3.63) is 35.4 Å². The zero-order valence-electron chi connectivity index (χ0n) is 11.9. The average Bonchev–Trinajstić information content (AvgIpc) is 2.41. The summed E-state index contributed by atoms with van der Waals surface area (Å²) in [7, 11) is 0. The average molecular weight is 248 g/mol. The van der Waals surface area contributed by atoms with Crippen molar-refractivity contribution in [2.75, 3.05) is 13.1 Å². The van der Waals surface area contributed by atoms with Crippen LogP contribution in [-0.2, 0) is 6.42 Å². The molecule has 102 valence electrons. The van der Waals surface area contributed by atoms with E-state index in [1.165, 1.54) is 30.4 Å². The van der Waals surface area contributed by atoms with E-state index in [4.69, 9.17) is 5.73 Å². The summed E-state index contributed by atoms with van der Waals surface area (Å²) in [5.41, 5.74) is 8.32. The van der Waals surface area contributed by atoms with Crippen molar-refractivity contribution in [3.8, 4) is 0 Å². The van der Waals surface area contributed by atoms with E-state index in [-0.39, 0.29) is 0 Å². The van der Waals surface area contributed by atoms with Gasteiger partial charge in [-0.3, -0.25) is 0 Å². The largest absolute Gasteiger partial charge is 0.330 e. The van der Waals surface area contributed by atoms with Gasteiger partial charge in [-0.15, -0.1) is 0 Å². The van der Waals surface area contributed by atoms with Crippen LogP contribution in [0.2, 0.25) is 0 Å². The number of rotatable bonds is 9. The van der Waals surface area contributed by atoms with E-state index in [9.17, 15) is 0 Å². The zero-order chi connectivity index (χ0) is 13.2. The van der Waals surface area contributed by atoms with Crippen LogP contribution >= 0.6 is 0 Å². The minimum absolute atomic E-state index is 0.433. The quantitative estimate of drug-likeness (QED) is 0.657. The van der Waals surface area contributed by atoms with Gasteiger partial charge in [0.15, 0.2) is 0 Å². The van der Waals surface area contributed by atoms with E-state index in [0.717, 1.165) is 25.9 Å². The molecular formula is C16H28N2. The molecule has 1 atom stereocenters. The molecule has 0 bridgehead atoms. The summed E-state index contributed by atoms with van der Waals surface area (Å²) < 4.78 is 0. The predicted molar refractivity (Wildman–Crippen MR) is 79.8 cm³/mol. The van der Waals surface area contributed by atoms with Crippen molar-refractivity contribution < 1.29 is 0 Å². The maximum atomic E-state index is 5.49. The van der Waals surface area contributed by atoms with Gasteiger partial charge >= 0.3 is 0 Å². The highest BCUT2D eigenvalue weighted by Gasteiger charge is 2.03. The maximum Gasteiger partial charge on any atom is 0.0291 e. The van der Waals surface area contributed by atoms with E-state index in [1.54, 1.807) is 0 Å². The van der Waals surface area contributed by atoms with Gasteiger partial charge in [0.05, 0.1) is 0 Å². The number of aryl methyl sites for hydroxylation is 1. The van der Waals surface area contributed by atoms with Gasteiger partial charge in [-0.05, 0) is 56.8 Å².